The van der Waals surface area contributed by atoms with E-state index in [-0.39, 0.29) is 17.9 Å². The zero-order valence-electron chi connectivity index (χ0n) is 8.49. The van der Waals surface area contributed by atoms with Gasteiger partial charge in [0.05, 0.1) is 5.92 Å². The van der Waals surface area contributed by atoms with E-state index in [2.05, 4.69) is 5.32 Å². The molecular formula is C10H16N2OS. The lowest BCUT2D eigenvalue weighted by Gasteiger charge is -2.15. The second-order valence-electron chi connectivity index (χ2n) is 3.42. The van der Waals surface area contributed by atoms with Crippen molar-refractivity contribution >= 4 is 17.2 Å². The van der Waals surface area contributed by atoms with E-state index in [1.807, 2.05) is 30.7 Å². The summed E-state index contributed by atoms with van der Waals surface area (Å²) >= 11 is 1.61. The summed E-state index contributed by atoms with van der Waals surface area (Å²) in [6.07, 6.45) is 0. The van der Waals surface area contributed by atoms with Crippen LogP contribution in [0.1, 0.15) is 25.3 Å². The standard InChI is InChI=1S/C10H16N2OS/c1-7(5-11)12-10(13)8(2)9-3-4-14-6-9/h3-4,6-8H,5,11H2,1-2H3,(H,12,13)/t7-,8?/m1/s1. The molecule has 0 fully saturated rings. The molecule has 1 unspecified atom stereocenters. The number of hydrogen-bond acceptors (Lipinski definition) is 3. The van der Waals surface area contributed by atoms with Crippen LogP contribution in [0.2, 0.25) is 0 Å². The van der Waals surface area contributed by atoms with Crippen LogP contribution in [0.5, 0.6) is 0 Å². The fourth-order valence-corrected chi connectivity index (χ4v) is 1.85. The molecule has 0 spiro atoms. The fourth-order valence-electron chi connectivity index (χ4n) is 1.10. The molecule has 1 heterocycles. The van der Waals surface area contributed by atoms with E-state index in [0.717, 1.165) is 5.56 Å². The maximum Gasteiger partial charge on any atom is 0.227 e. The van der Waals surface area contributed by atoms with Gasteiger partial charge in [-0.15, -0.1) is 0 Å². The molecule has 1 aromatic rings. The van der Waals surface area contributed by atoms with Gasteiger partial charge in [-0.2, -0.15) is 11.3 Å². The minimum atomic E-state index is -0.0877. The van der Waals surface area contributed by atoms with Gasteiger partial charge in [-0.25, -0.2) is 0 Å². The van der Waals surface area contributed by atoms with Crippen LogP contribution in [-0.2, 0) is 4.79 Å². The average molecular weight is 212 g/mol. The van der Waals surface area contributed by atoms with Gasteiger partial charge < -0.3 is 11.1 Å². The summed E-state index contributed by atoms with van der Waals surface area (Å²) in [5, 5.41) is 6.83. The zero-order valence-corrected chi connectivity index (χ0v) is 9.30. The lowest BCUT2D eigenvalue weighted by Crippen LogP contribution is -2.39. The van der Waals surface area contributed by atoms with Crippen molar-refractivity contribution < 1.29 is 4.79 Å². The van der Waals surface area contributed by atoms with Gasteiger partial charge in [-0.1, -0.05) is 0 Å². The largest absolute Gasteiger partial charge is 0.352 e. The predicted molar refractivity (Wildman–Crippen MR) is 59.4 cm³/mol. The predicted octanol–water partition coefficient (Wildman–Crippen LogP) is 1.32. The van der Waals surface area contributed by atoms with Crippen LogP contribution in [0.3, 0.4) is 0 Å². The molecule has 0 aliphatic heterocycles. The van der Waals surface area contributed by atoms with Crippen molar-refractivity contribution in [1.29, 1.82) is 0 Å². The second kappa shape index (κ2) is 5.12. The lowest BCUT2D eigenvalue weighted by atomic mass is 10.0. The molecule has 14 heavy (non-hydrogen) atoms. The van der Waals surface area contributed by atoms with Crippen molar-refractivity contribution in [1.82, 2.24) is 5.32 Å². The topological polar surface area (TPSA) is 55.1 Å². The summed E-state index contributed by atoms with van der Waals surface area (Å²) in [6.45, 7) is 4.28. The number of thiophene rings is 1. The number of nitrogens with two attached hydrogens (primary N) is 1. The number of rotatable bonds is 4. The van der Waals surface area contributed by atoms with Gasteiger partial charge >= 0.3 is 0 Å². The Labute approximate surface area is 88.3 Å². The zero-order chi connectivity index (χ0) is 10.6. The van der Waals surface area contributed by atoms with Crippen LogP contribution in [-0.4, -0.2) is 18.5 Å². The van der Waals surface area contributed by atoms with Crippen molar-refractivity contribution in [2.45, 2.75) is 25.8 Å². The first kappa shape index (κ1) is 11.2. The molecule has 1 amide bonds. The van der Waals surface area contributed by atoms with E-state index in [1.54, 1.807) is 11.3 Å². The highest BCUT2D eigenvalue weighted by Crippen LogP contribution is 2.18. The number of hydrogen-bond donors (Lipinski definition) is 2. The molecule has 0 aliphatic carbocycles. The molecule has 3 N–H and O–H groups in total. The summed E-state index contributed by atoms with van der Waals surface area (Å²) in [5.74, 6) is -0.0448. The van der Waals surface area contributed by atoms with Gasteiger partial charge in [-0.3, -0.25) is 4.79 Å². The Hall–Kier alpha value is -0.870. The van der Waals surface area contributed by atoms with E-state index in [1.165, 1.54) is 0 Å². The molecule has 3 nitrogen and oxygen atoms in total. The molecule has 0 saturated carbocycles. The molecule has 78 valence electrons. The molecule has 0 aromatic carbocycles. The lowest BCUT2D eigenvalue weighted by molar-refractivity contribution is -0.122. The Morgan fingerprint density at radius 1 is 1.64 bits per heavy atom. The molecule has 0 radical (unpaired) electrons. The first-order valence-corrected chi connectivity index (χ1v) is 5.62. The Morgan fingerprint density at radius 3 is 2.86 bits per heavy atom. The van der Waals surface area contributed by atoms with Crippen LogP contribution in [0.25, 0.3) is 0 Å². The summed E-state index contributed by atoms with van der Waals surface area (Å²) in [5.41, 5.74) is 6.49. The van der Waals surface area contributed by atoms with Crippen molar-refractivity contribution in [3.63, 3.8) is 0 Å². The van der Waals surface area contributed by atoms with Crippen molar-refractivity contribution in [3.05, 3.63) is 22.4 Å². The summed E-state index contributed by atoms with van der Waals surface area (Å²) in [7, 11) is 0. The van der Waals surface area contributed by atoms with Crippen LogP contribution in [0, 0.1) is 0 Å². The van der Waals surface area contributed by atoms with Gasteiger partial charge in [0.25, 0.3) is 0 Å². The number of carbonyl (C=O) groups is 1. The van der Waals surface area contributed by atoms with Crippen LogP contribution < -0.4 is 11.1 Å². The quantitative estimate of drug-likeness (QED) is 0.790. The van der Waals surface area contributed by atoms with E-state index in [0.29, 0.717) is 6.54 Å². The Bertz CT molecular complexity index is 284. The van der Waals surface area contributed by atoms with Crippen molar-refractivity contribution in [3.8, 4) is 0 Å². The summed E-state index contributed by atoms with van der Waals surface area (Å²) < 4.78 is 0. The molecular weight excluding hydrogens is 196 g/mol. The first-order valence-electron chi connectivity index (χ1n) is 4.67. The van der Waals surface area contributed by atoms with Gasteiger partial charge in [-0.05, 0) is 36.2 Å². The number of nitrogens with one attached hydrogen (secondary N) is 1. The van der Waals surface area contributed by atoms with E-state index < -0.39 is 0 Å². The molecule has 2 atom stereocenters. The Morgan fingerprint density at radius 2 is 2.36 bits per heavy atom. The first-order chi connectivity index (χ1) is 6.65. The van der Waals surface area contributed by atoms with Crippen molar-refractivity contribution in [2.24, 2.45) is 5.73 Å². The third-order valence-corrected chi connectivity index (χ3v) is 2.88. The number of carbonyl (C=O) groups excluding carboxylic acids is 1. The molecule has 1 rings (SSSR count). The molecule has 0 bridgehead atoms. The Kier molecular flexibility index (Phi) is 4.10. The van der Waals surface area contributed by atoms with Gasteiger partial charge in [0.1, 0.15) is 0 Å². The molecule has 0 aliphatic rings. The minimum Gasteiger partial charge on any atom is -0.352 e. The molecule has 1 aromatic heterocycles. The second-order valence-corrected chi connectivity index (χ2v) is 4.20. The highest BCUT2D eigenvalue weighted by Gasteiger charge is 2.16. The van der Waals surface area contributed by atoms with Gasteiger partial charge in [0, 0.05) is 12.6 Å². The average Bonchev–Trinajstić information content (AvgIpc) is 2.69. The highest BCUT2D eigenvalue weighted by atomic mass is 32.1. The Balaban J connectivity index is 2.53. The monoisotopic (exact) mass is 212 g/mol. The molecule has 4 heteroatoms. The maximum atomic E-state index is 11.6. The van der Waals surface area contributed by atoms with Crippen LogP contribution in [0.4, 0.5) is 0 Å². The fraction of sp³-hybridized carbons (Fsp3) is 0.500. The summed E-state index contributed by atoms with van der Waals surface area (Å²) in [6, 6.07) is 2.02. The highest BCUT2D eigenvalue weighted by molar-refractivity contribution is 7.08. The smallest absolute Gasteiger partial charge is 0.227 e. The van der Waals surface area contributed by atoms with Crippen LogP contribution in [0.15, 0.2) is 16.8 Å². The maximum absolute atomic E-state index is 11.6. The third kappa shape index (κ3) is 2.82. The van der Waals surface area contributed by atoms with Gasteiger partial charge in [0.2, 0.25) is 5.91 Å². The van der Waals surface area contributed by atoms with E-state index in [9.17, 15) is 4.79 Å². The van der Waals surface area contributed by atoms with Crippen LogP contribution >= 0.6 is 11.3 Å². The van der Waals surface area contributed by atoms with Crippen molar-refractivity contribution in [2.75, 3.05) is 6.54 Å². The normalized spacial score (nSPS) is 14.8. The van der Waals surface area contributed by atoms with Gasteiger partial charge in [0.15, 0.2) is 0 Å². The third-order valence-electron chi connectivity index (χ3n) is 2.18. The van der Waals surface area contributed by atoms with E-state index >= 15 is 0 Å². The van der Waals surface area contributed by atoms with E-state index in [4.69, 9.17) is 5.73 Å². The SMILES string of the molecule is CC(C(=O)N[C@H](C)CN)c1ccsc1. The summed E-state index contributed by atoms with van der Waals surface area (Å²) in [4.78, 5) is 11.6. The minimum absolute atomic E-state index is 0.0429. The molecule has 0 saturated heterocycles. The number of amides is 1.